The summed E-state index contributed by atoms with van der Waals surface area (Å²) in [6, 6.07) is 18.4. The zero-order valence-electron chi connectivity index (χ0n) is 13.8. The van der Waals surface area contributed by atoms with E-state index in [1.54, 1.807) is 35.7 Å². The first-order chi connectivity index (χ1) is 13.1. The topological polar surface area (TPSA) is 66.9 Å². The summed E-state index contributed by atoms with van der Waals surface area (Å²) >= 11 is 7.30. The van der Waals surface area contributed by atoms with E-state index < -0.39 is 5.63 Å². The Morgan fingerprint density at radius 2 is 2.04 bits per heavy atom. The van der Waals surface area contributed by atoms with Gasteiger partial charge >= 0.3 is 5.63 Å². The molecule has 0 bridgehead atoms. The molecule has 0 N–H and O–H groups in total. The monoisotopic (exact) mass is 390 g/mol. The van der Waals surface area contributed by atoms with Crippen LogP contribution in [0.15, 0.2) is 69.2 Å². The van der Waals surface area contributed by atoms with Gasteiger partial charge in [-0.2, -0.15) is 5.26 Å². The zero-order chi connectivity index (χ0) is 18.8. The summed E-state index contributed by atoms with van der Waals surface area (Å²) in [7, 11) is 0. The SMILES string of the molecule is N#CC(=Cc1cccc(Cl)c1)c1nc(-c2cc3ccccc3oc2=O)cs1. The molecular formula is C21H11ClN2O2S. The highest BCUT2D eigenvalue weighted by Gasteiger charge is 2.13. The number of rotatable bonds is 3. The van der Waals surface area contributed by atoms with E-state index in [2.05, 4.69) is 11.1 Å². The molecule has 0 radical (unpaired) electrons. The molecule has 0 saturated heterocycles. The Hall–Kier alpha value is -3.20. The number of benzene rings is 2. The number of hydrogen-bond donors (Lipinski definition) is 0. The van der Waals surface area contributed by atoms with Crippen molar-refractivity contribution in [1.29, 1.82) is 5.26 Å². The van der Waals surface area contributed by atoms with Gasteiger partial charge in [-0.1, -0.05) is 41.9 Å². The minimum Gasteiger partial charge on any atom is -0.422 e. The average molecular weight is 391 g/mol. The van der Waals surface area contributed by atoms with E-state index in [0.29, 0.717) is 32.4 Å². The summed E-state index contributed by atoms with van der Waals surface area (Å²) in [6.07, 6.45) is 1.72. The highest BCUT2D eigenvalue weighted by atomic mass is 35.5. The van der Waals surface area contributed by atoms with Gasteiger partial charge < -0.3 is 4.42 Å². The van der Waals surface area contributed by atoms with Crippen LogP contribution >= 0.6 is 22.9 Å². The maximum atomic E-state index is 12.3. The second-order valence-electron chi connectivity index (χ2n) is 5.75. The maximum absolute atomic E-state index is 12.3. The van der Waals surface area contributed by atoms with Crippen molar-refractivity contribution < 1.29 is 4.42 Å². The molecule has 27 heavy (non-hydrogen) atoms. The summed E-state index contributed by atoms with van der Waals surface area (Å²) in [5.74, 6) is 0. The quantitative estimate of drug-likeness (QED) is 0.335. The van der Waals surface area contributed by atoms with Gasteiger partial charge in [0.1, 0.15) is 16.7 Å². The number of nitriles is 1. The molecule has 2 aromatic heterocycles. The zero-order valence-corrected chi connectivity index (χ0v) is 15.4. The molecule has 6 heteroatoms. The molecule has 0 fully saturated rings. The fourth-order valence-corrected chi connectivity index (χ4v) is 3.65. The second kappa shape index (κ2) is 7.20. The van der Waals surface area contributed by atoms with Crippen molar-refractivity contribution in [3.63, 3.8) is 0 Å². The molecule has 0 aliphatic heterocycles. The van der Waals surface area contributed by atoms with Gasteiger partial charge in [0.25, 0.3) is 0 Å². The Balaban J connectivity index is 1.76. The second-order valence-corrected chi connectivity index (χ2v) is 7.04. The summed E-state index contributed by atoms with van der Waals surface area (Å²) in [4.78, 5) is 16.8. The number of para-hydroxylation sites is 1. The van der Waals surface area contributed by atoms with E-state index in [4.69, 9.17) is 16.0 Å². The average Bonchev–Trinajstić information content (AvgIpc) is 3.15. The molecular weight excluding hydrogens is 380 g/mol. The van der Waals surface area contributed by atoms with E-state index in [9.17, 15) is 10.1 Å². The Kier molecular flexibility index (Phi) is 4.59. The van der Waals surface area contributed by atoms with Crippen molar-refractivity contribution in [3.8, 4) is 17.3 Å². The highest BCUT2D eigenvalue weighted by Crippen LogP contribution is 2.27. The normalized spacial score (nSPS) is 11.5. The van der Waals surface area contributed by atoms with Crippen LogP contribution in [0.2, 0.25) is 5.02 Å². The van der Waals surface area contributed by atoms with Crippen molar-refractivity contribution in [1.82, 2.24) is 4.98 Å². The molecule has 2 aromatic carbocycles. The molecule has 0 unspecified atom stereocenters. The standard InChI is InChI=1S/C21H11ClN2O2S/c22-16-6-3-4-13(9-16)8-15(11-23)20-24-18(12-27-20)17-10-14-5-1-2-7-19(14)26-21(17)25/h1-10,12H. The van der Waals surface area contributed by atoms with Gasteiger partial charge in [-0.25, -0.2) is 9.78 Å². The van der Waals surface area contributed by atoms with Gasteiger partial charge in [-0.05, 0) is 35.9 Å². The minimum atomic E-state index is -0.456. The van der Waals surface area contributed by atoms with E-state index in [-0.39, 0.29) is 0 Å². The Labute approximate surface area is 163 Å². The Morgan fingerprint density at radius 3 is 2.85 bits per heavy atom. The van der Waals surface area contributed by atoms with E-state index in [1.165, 1.54) is 11.3 Å². The third-order valence-electron chi connectivity index (χ3n) is 3.93. The number of thiazole rings is 1. The van der Waals surface area contributed by atoms with Crippen LogP contribution in [0.3, 0.4) is 0 Å². The molecule has 4 aromatic rings. The van der Waals surface area contributed by atoms with Gasteiger partial charge in [0.05, 0.1) is 16.8 Å². The molecule has 4 rings (SSSR count). The molecule has 4 nitrogen and oxygen atoms in total. The van der Waals surface area contributed by atoms with Gasteiger partial charge in [0, 0.05) is 15.8 Å². The van der Waals surface area contributed by atoms with E-state index in [1.807, 2.05) is 30.3 Å². The minimum absolute atomic E-state index is 0.372. The molecule has 0 spiro atoms. The lowest BCUT2D eigenvalue weighted by molar-refractivity contribution is 0.563. The summed E-state index contributed by atoms with van der Waals surface area (Å²) in [5, 5.41) is 13.2. The highest BCUT2D eigenvalue weighted by molar-refractivity contribution is 7.11. The Bertz CT molecular complexity index is 1280. The molecule has 0 aliphatic carbocycles. The fraction of sp³-hybridized carbons (Fsp3) is 0. The first kappa shape index (κ1) is 17.2. The number of nitrogens with zero attached hydrogens (tertiary/aromatic N) is 2. The first-order valence-corrected chi connectivity index (χ1v) is 9.26. The molecule has 0 aliphatic rings. The molecule has 0 amide bonds. The lowest BCUT2D eigenvalue weighted by Crippen LogP contribution is -2.02. The largest absolute Gasteiger partial charge is 0.422 e. The van der Waals surface area contributed by atoms with Gasteiger partial charge in [0.15, 0.2) is 0 Å². The van der Waals surface area contributed by atoms with Crippen molar-refractivity contribution in [2.45, 2.75) is 0 Å². The molecule has 2 heterocycles. The van der Waals surface area contributed by atoms with E-state index >= 15 is 0 Å². The molecule has 130 valence electrons. The fourth-order valence-electron chi connectivity index (χ4n) is 2.67. The maximum Gasteiger partial charge on any atom is 0.345 e. The van der Waals surface area contributed by atoms with Crippen molar-refractivity contribution >= 4 is 45.6 Å². The van der Waals surface area contributed by atoms with Crippen LogP contribution in [0, 0.1) is 11.3 Å². The number of fused-ring (bicyclic) bond motifs is 1. The van der Waals surface area contributed by atoms with Crippen LogP contribution in [-0.2, 0) is 0 Å². The van der Waals surface area contributed by atoms with Crippen LogP contribution < -0.4 is 5.63 Å². The van der Waals surface area contributed by atoms with Crippen LogP contribution in [0.25, 0.3) is 33.9 Å². The van der Waals surface area contributed by atoms with E-state index in [0.717, 1.165) is 10.9 Å². The predicted molar refractivity (Wildman–Crippen MR) is 109 cm³/mol. The smallest absolute Gasteiger partial charge is 0.345 e. The molecule has 0 saturated carbocycles. The third-order valence-corrected chi connectivity index (χ3v) is 5.04. The third kappa shape index (κ3) is 3.54. The van der Waals surface area contributed by atoms with Crippen LogP contribution in [-0.4, -0.2) is 4.98 Å². The predicted octanol–water partition coefficient (Wildman–Crippen LogP) is 5.63. The van der Waals surface area contributed by atoms with Gasteiger partial charge in [-0.15, -0.1) is 11.3 Å². The van der Waals surface area contributed by atoms with Crippen LogP contribution in [0.1, 0.15) is 10.6 Å². The van der Waals surface area contributed by atoms with Crippen molar-refractivity contribution in [2.75, 3.05) is 0 Å². The van der Waals surface area contributed by atoms with Gasteiger partial charge in [-0.3, -0.25) is 0 Å². The van der Waals surface area contributed by atoms with Crippen molar-refractivity contribution in [3.05, 3.63) is 86.0 Å². The summed E-state index contributed by atoms with van der Waals surface area (Å²) in [5.41, 5.74) is 2.14. The Morgan fingerprint density at radius 1 is 1.19 bits per heavy atom. The van der Waals surface area contributed by atoms with Gasteiger partial charge in [0.2, 0.25) is 0 Å². The molecule has 0 atom stereocenters. The number of aromatic nitrogens is 1. The lowest BCUT2D eigenvalue weighted by Gasteiger charge is -1.99. The van der Waals surface area contributed by atoms with Crippen LogP contribution in [0.4, 0.5) is 0 Å². The summed E-state index contributed by atoms with van der Waals surface area (Å²) in [6.45, 7) is 0. The van der Waals surface area contributed by atoms with Crippen molar-refractivity contribution in [2.24, 2.45) is 0 Å². The van der Waals surface area contributed by atoms with Crippen LogP contribution in [0.5, 0.6) is 0 Å². The number of halogens is 1. The number of allylic oxidation sites excluding steroid dienone is 1. The number of hydrogen-bond acceptors (Lipinski definition) is 5. The lowest BCUT2D eigenvalue weighted by atomic mass is 10.1. The first-order valence-electron chi connectivity index (χ1n) is 8.00. The summed E-state index contributed by atoms with van der Waals surface area (Å²) < 4.78 is 5.37.